The summed E-state index contributed by atoms with van der Waals surface area (Å²) in [6.45, 7) is 10.1. The molecule has 0 bridgehead atoms. The fourth-order valence-electron chi connectivity index (χ4n) is 2.36. The summed E-state index contributed by atoms with van der Waals surface area (Å²) < 4.78 is 17.0. The second-order valence-corrected chi connectivity index (χ2v) is 8.45. The Labute approximate surface area is 169 Å². The molecule has 0 saturated carbocycles. The number of ether oxygens (including phenoxy) is 3. The Morgan fingerprint density at radius 3 is 2.00 bits per heavy atom. The van der Waals surface area contributed by atoms with E-state index in [9.17, 15) is 14.4 Å². The van der Waals surface area contributed by atoms with Crippen molar-refractivity contribution in [2.24, 2.45) is 0 Å². The number of hydrogen-bond donors (Lipinski definition) is 0. The summed E-state index contributed by atoms with van der Waals surface area (Å²) in [5.41, 5.74) is -0.262. The molecule has 2 rings (SSSR count). The molecule has 9 nitrogen and oxygen atoms in total. The Bertz CT molecular complexity index is 892. The number of pyridine rings is 1. The lowest BCUT2D eigenvalue weighted by Crippen LogP contribution is -2.43. The number of amides is 2. The van der Waals surface area contributed by atoms with Crippen LogP contribution < -0.4 is 0 Å². The molecule has 0 aliphatic rings. The van der Waals surface area contributed by atoms with Crippen molar-refractivity contribution in [3.63, 3.8) is 0 Å². The normalized spacial score (nSPS) is 11.8. The van der Waals surface area contributed by atoms with E-state index in [4.69, 9.17) is 14.2 Å². The average Bonchev–Trinajstić information content (AvgIpc) is 2.97. The summed E-state index contributed by atoms with van der Waals surface area (Å²) in [5, 5.41) is 0. The van der Waals surface area contributed by atoms with E-state index in [1.165, 1.54) is 7.11 Å². The fraction of sp³-hybridized carbons (Fsp3) is 0.500. The lowest BCUT2D eigenvalue weighted by molar-refractivity contribution is -0.000482. The number of aromatic nitrogens is 2. The zero-order valence-corrected chi connectivity index (χ0v) is 17.8. The molecular formula is C20H27N3O6. The first-order valence-electron chi connectivity index (χ1n) is 9.08. The maximum absolute atomic E-state index is 12.6. The summed E-state index contributed by atoms with van der Waals surface area (Å²) in [6, 6.07) is 3.22. The predicted octanol–water partition coefficient (Wildman–Crippen LogP) is 3.79. The van der Waals surface area contributed by atoms with Crippen LogP contribution in [-0.2, 0) is 20.8 Å². The molecule has 0 aliphatic carbocycles. The highest BCUT2D eigenvalue weighted by Gasteiger charge is 2.31. The van der Waals surface area contributed by atoms with Crippen LogP contribution in [0.15, 0.2) is 24.5 Å². The number of imidazole rings is 1. The highest BCUT2D eigenvalue weighted by atomic mass is 16.6. The quantitative estimate of drug-likeness (QED) is 0.566. The van der Waals surface area contributed by atoms with Gasteiger partial charge in [0.05, 0.1) is 24.9 Å². The molecule has 9 heteroatoms. The molecule has 0 atom stereocenters. The van der Waals surface area contributed by atoms with Gasteiger partial charge in [-0.15, -0.1) is 0 Å². The topological polar surface area (TPSA) is 99.4 Å². The van der Waals surface area contributed by atoms with Gasteiger partial charge in [0.1, 0.15) is 16.8 Å². The summed E-state index contributed by atoms with van der Waals surface area (Å²) >= 11 is 0. The molecule has 0 unspecified atom stereocenters. The third-order valence-corrected chi connectivity index (χ3v) is 3.47. The van der Waals surface area contributed by atoms with E-state index in [0.717, 1.165) is 4.90 Å². The standard InChI is InChI=1S/C20H27N3O6/c1-19(2,3)28-17(25)23(18(26)29-20(4,5)6)12-14-11-22-10-13(16(24)27-7)8-9-15(22)21-14/h8-11H,12H2,1-7H3. The summed E-state index contributed by atoms with van der Waals surface area (Å²) in [7, 11) is 1.30. The first-order valence-corrected chi connectivity index (χ1v) is 9.08. The van der Waals surface area contributed by atoms with Gasteiger partial charge in [-0.25, -0.2) is 24.3 Å². The van der Waals surface area contributed by atoms with E-state index < -0.39 is 29.4 Å². The minimum absolute atomic E-state index is 0.154. The summed E-state index contributed by atoms with van der Waals surface area (Å²) in [4.78, 5) is 42.1. The Balaban J connectivity index is 2.32. The van der Waals surface area contributed by atoms with Gasteiger partial charge < -0.3 is 18.6 Å². The lowest BCUT2D eigenvalue weighted by Gasteiger charge is -2.28. The van der Waals surface area contributed by atoms with Gasteiger partial charge in [-0.05, 0) is 53.7 Å². The molecule has 0 spiro atoms. The molecule has 2 amide bonds. The van der Waals surface area contributed by atoms with Crippen molar-refractivity contribution >= 4 is 23.8 Å². The van der Waals surface area contributed by atoms with Crippen molar-refractivity contribution in [2.45, 2.75) is 59.3 Å². The molecule has 0 aliphatic heterocycles. The van der Waals surface area contributed by atoms with E-state index in [2.05, 4.69) is 4.98 Å². The molecule has 2 aromatic heterocycles. The maximum atomic E-state index is 12.6. The van der Waals surface area contributed by atoms with Crippen LogP contribution in [0.4, 0.5) is 9.59 Å². The molecule has 0 radical (unpaired) electrons. The van der Waals surface area contributed by atoms with Gasteiger partial charge in [-0.2, -0.15) is 0 Å². The van der Waals surface area contributed by atoms with Crippen molar-refractivity contribution in [1.29, 1.82) is 0 Å². The molecule has 0 fully saturated rings. The predicted molar refractivity (Wildman–Crippen MR) is 105 cm³/mol. The second-order valence-electron chi connectivity index (χ2n) is 8.45. The molecule has 2 heterocycles. The van der Waals surface area contributed by atoms with Crippen LogP contribution in [-0.4, -0.2) is 50.8 Å². The van der Waals surface area contributed by atoms with E-state index in [1.54, 1.807) is 70.5 Å². The van der Waals surface area contributed by atoms with Crippen LogP contribution in [0.5, 0.6) is 0 Å². The highest BCUT2D eigenvalue weighted by molar-refractivity contribution is 5.89. The molecule has 2 aromatic rings. The van der Waals surface area contributed by atoms with Gasteiger partial charge in [0.25, 0.3) is 0 Å². The van der Waals surface area contributed by atoms with Crippen LogP contribution >= 0.6 is 0 Å². The number of methoxy groups -OCH3 is 1. The molecule has 0 saturated heterocycles. The zero-order valence-electron chi connectivity index (χ0n) is 17.8. The highest BCUT2D eigenvalue weighted by Crippen LogP contribution is 2.17. The average molecular weight is 405 g/mol. The first kappa shape index (κ1) is 22.2. The third-order valence-electron chi connectivity index (χ3n) is 3.47. The number of esters is 1. The van der Waals surface area contributed by atoms with Crippen molar-refractivity contribution < 1.29 is 28.6 Å². The van der Waals surface area contributed by atoms with Crippen molar-refractivity contribution in [3.05, 3.63) is 35.8 Å². The lowest BCUT2D eigenvalue weighted by atomic mass is 10.2. The Morgan fingerprint density at radius 1 is 0.966 bits per heavy atom. The number of hydrogen-bond acceptors (Lipinski definition) is 7. The van der Waals surface area contributed by atoms with Crippen molar-refractivity contribution in [3.8, 4) is 0 Å². The minimum atomic E-state index is -0.834. The number of fused-ring (bicyclic) bond motifs is 1. The smallest absolute Gasteiger partial charge is 0.420 e. The van der Waals surface area contributed by atoms with Gasteiger partial charge in [-0.3, -0.25) is 0 Å². The number of nitrogens with zero attached hydrogens (tertiary/aromatic N) is 3. The summed E-state index contributed by atoms with van der Waals surface area (Å²) in [5.74, 6) is -0.480. The number of carbonyl (C=O) groups is 3. The Hall–Kier alpha value is -3.10. The monoisotopic (exact) mass is 405 g/mol. The Morgan fingerprint density at radius 2 is 1.52 bits per heavy atom. The molecular weight excluding hydrogens is 378 g/mol. The van der Waals surface area contributed by atoms with Crippen LogP contribution in [0.25, 0.3) is 5.65 Å². The van der Waals surface area contributed by atoms with Gasteiger partial charge in [0, 0.05) is 12.4 Å². The van der Waals surface area contributed by atoms with E-state index in [0.29, 0.717) is 16.9 Å². The summed E-state index contributed by atoms with van der Waals surface area (Å²) in [6.07, 6.45) is 1.50. The van der Waals surface area contributed by atoms with E-state index >= 15 is 0 Å². The van der Waals surface area contributed by atoms with Gasteiger partial charge in [0.15, 0.2) is 0 Å². The van der Waals surface area contributed by atoms with Crippen molar-refractivity contribution in [1.82, 2.24) is 14.3 Å². The minimum Gasteiger partial charge on any atom is -0.465 e. The molecule has 0 N–H and O–H groups in total. The number of carbonyl (C=O) groups excluding carboxylic acids is 3. The zero-order chi connectivity index (χ0) is 22.0. The van der Waals surface area contributed by atoms with Crippen molar-refractivity contribution in [2.75, 3.05) is 7.11 Å². The number of imide groups is 1. The molecule has 0 aromatic carbocycles. The van der Waals surface area contributed by atoms with Crippen LogP contribution in [0, 0.1) is 0 Å². The SMILES string of the molecule is COC(=O)c1ccc2nc(CN(C(=O)OC(C)(C)C)C(=O)OC(C)(C)C)cn2c1. The van der Waals surface area contributed by atoms with Gasteiger partial charge in [-0.1, -0.05) is 0 Å². The van der Waals surface area contributed by atoms with Crippen LogP contribution in [0.2, 0.25) is 0 Å². The van der Waals surface area contributed by atoms with Gasteiger partial charge in [0.2, 0.25) is 0 Å². The molecule has 158 valence electrons. The van der Waals surface area contributed by atoms with E-state index in [1.807, 2.05) is 0 Å². The third kappa shape index (κ3) is 6.20. The maximum Gasteiger partial charge on any atom is 0.420 e. The first-order chi connectivity index (χ1) is 13.3. The van der Waals surface area contributed by atoms with Crippen LogP contribution in [0.1, 0.15) is 57.6 Å². The number of rotatable bonds is 3. The Kier molecular flexibility index (Phi) is 6.20. The fourth-order valence-corrected chi connectivity index (χ4v) is 2.36. The second kappa shape index (κ2) is 8.10. The van der Waals surface area contributed by atoms with E-state index in [-0.39, 0.29) is 6.54 Å². The van der Waals surface area contributed by atoms with Gasteiger partial charge >= 0.3 is 18.2 Å². The van der Waals surface area contributed by atoms with Crippen LogP contribution in [0.3, 0.4) is 0 Å². The largest absolute Gasteiger partial charge is 0.465 e. The molecule has 29 heavy (non-hydrogen) atoms.